The number of benzene rings is 1. The van der Waals surface area contributed by atoms with Crippen LogP contribution in [0.4, 0.5) is 5.82 Å². The second-order valence-corrected chi connectivity index (χ2v) is 6.75. The standard InChI is InChI=1S/C21H20N6O3/c1-13-9-14(2)27(26-13)20-11-19(24-12-25-20)22-7-8-23-21(29)18-10-16(28)15-5-3-4-6-17(15)30-18/h3-6,9-12H,7-8H2,1-2H3,(H,23,29)(H,22,24,25). The van der Waals surface area contributed by atoms with Crippen LogP contribution in [0.5, 0.6) is 0 Å². The zero-order valence-electron chi connectivity index (χ0n) is 16.5. The third kappa shape index (κ3) is 4.04. The van der Waals surface area contributed by atoms with Crippen LogP contribution < -0.4 is 16.1 Å². The Bertz CT molecular complexity index is 1280. The number of nitrogens with zero attached hydrogens (tertiary/aromatic N) is 4. The van der Waals surface area contributed by atoms with Crippen LogP contribution in [-0.4, -0.2) is 38.7 Å². The van der Waals surface area contributed by atoms with Crippen LogP contribution >= 0.6 is 0 Å². The summed E-state index contributed by atoms with van der Waals surface area (Å²) in [6.45, 7) is 4.62. The summed E-state index contributed by atoms with van der Waals surface area (Å²) in [5.41, 5.74) is 2.01. The Morgan fingerprint density at radius 2 is 1.93 bits per heavy atom. The highest BCUT2D eigenvalue weighted by Gasteiger charge is 2.12. The van der Waals surface area contributed by atoms with Gasteiger partial charge >= 0.3 is 0 Å². The van der Waals surface area contributed by atoms with Crippen molar-refractivity contribution in [3.63, 3.8) is 0 Å². The maximum Gasteiger partial charge on any atom is 0.287 e. The molecule has 30 heavy (non-hydrogen) atoms. The van der Waals surface area contributed by atoms with E-state index in [1.807, 2.05) is 19.9 Å². The van der Waals surface area contributed by atoms with Gasteiger partial charge in [-0.2, -0.15) is 5.10 Å². The first-order chi connectivity index (χ1) is 14.5. The van der Waals surface area contributed by atoms with E-state index in [0.717, 1.165) is 11.4 Å². The maximum atomic E-state index is 12.3. The number of hydrogen-bond acceptors (Lipinski definition) is 7. The molecule has 9 heteroatoms. The summed E-state index contributed by atoms with van der Waals surface area (Å²) in [5, 5.41) is 10.7. The molecule has 0 saturated heterocycles. The molecule has 0 spiro atoms. The first kappa shape index (κ1) is 19.3. The number of anilines is 1. The summed E-state index contributed by atoms with van der Waals surface area (Å²) in [4.78, 5) is 32.9. The highest BCUT2D eigenvalue weighted by Crippen LogP contribution is 2.13. The fourth-order valence-corrected chi connectivity index (χ4v) is 3.09. The topological polar surface area (TPSA) is 115 Å². The lowest BCUT2D eigenvalue weighted by Crippen LogP contribution is -2.29. The number of aryl methyl sites for hydroxylation is 2. The van der Waals surface area contributed by atoms with E-state index in [1.165, 1.54) is 12.4 Å². The van der Waals surface area contributed by atoms with Gasteiger partial charge in [-0.25, -0.2) is 14.6 Å². The number of nitrogens with one attached hydrogen (secondary N) is 2. The average Bonchev–Trinajstić information content (AvgIpc) is 3.09. The Morgan fingerprint density at radius 3 is 2.73 bits per heavy atom. The van der Waals surface area contributed by atoms with Gasteiger partial charge in [-0.3, -0.25) is 9.59 Å². The minimum atomic E-state index is -0.453. The van der Waals surface area contributed by atoms with Gasteiger partial charge in [0.15, 0.2) is 17.0 Å². The monoisotopic (exact) mass is 404 g/mol. The summed E-state index contributed by atoms with van der Waals surface area (Å²) in [5.74, 6) is 0.789. The number of amides is 1. The predicted octanol–water partition coefficient (Wildman–Crippen LogP) is 2.23. The third-order valence-corrected chi connectivity index (χ3v) is 4.45. The predicted molar refractivity (Wildman–Crippen MR) is 112 cm³/mol. The molecule has 3 aromatic heterocycles. The summed E-state index contributed by atoms with van der Waals surface area (Å²) < 4.78 is 7.28. The molecule has 1 amide bonds. The van der Waals surface area contributed by atoms with Crippen molar-refractivity contribution in [1.82, 2.24) is 25.1 Å². The molecule has 4 rings (SSSR count). The number of rotatable bonds is 6. The van der Waals surface area contributed by atoms with Gasteiger partial charge in [0.2, 0.25) is 0 Å². The van der Waals surface area contributed by atoms with Crippen molar-refractivity contribution in [2.24, 2.45) is 0 Å². The molecule has 0 aliphatic heterocycles. The van der Waals surface area contributed by atoms with Crippen molar-refractivity contribution >= 4 is 22.7 Å². The Morgan fingerprint density at radius 1 is 1.10 bits per heavy atom. The van der Waals surface area contributed by atoms with E-state index >= 15 is 0 Å². The van der Waals surface area contributed by atoms with Crippen LogP contribution in [0, 0.1) is 13.8 Å². The fourth-order valence-electron chi connectivity index (χ4n) is 3.09. The number of aromatic nitrogens is 4. The van der Waals surface area contributed by atoms with E-state index in [4.69, 9.17) is 4.42 Å². The van der Waals surface area contributed by atoms with Crippen molar-refractivity contribution < 1.29 is 9.21 Å². The molecule has 1 aromatic carbocycles. The molecule has 2 N–H and O–H groups in total. The van der Waals surface area contributed by atoms with Gasteiger partial charge in [-0.15, -0.1) is 0 Å². The van der Waals surface area contributed by atoms with Crippen LogP contribution in [0.3, 0.4) is 0 Å². The number of hydrogen-bond donors (Lipinski definition) is 2. The summed E-state index contributed by atoms with van der Waals surface area (Å²) >= 11 is 0. The highest BCUT2D eigenvalue weighted by molar-refractivity contribution is 5.93. The van der Waals surface area contributed by atoms with E-state index < -0.39 is 5.91 Å². The minimum absolute atomic E-state index is 0.0208. The van der Waals surface area contributed by atoms with Crippen molar-refractivity contribution in [3.05, 3.63) is 76.2 Å². The van der Waals surface area contributed by atoms with Gasteiger partial charge in [0, 0.05) is 30.9 Å². The molecule has 0 fully saturated rings. The Balaban J connectivity index is 1.36. The Hall–Kier alpha value is -4.01. The van der Waals surface area contributed by atoms with Gasteiger partial charge in [0.1, 0.15) is 17.7 Å². The van der Waals surface area contributed by atoms with Crippen LogP contribution in [0.1, 0.15) is 21.9 Å². The van der Waals surface area contributed by atoms with Crippen LogP contribution in [0.2, 0.25) is 0 Å². The van der Waals surface area contributed by atoms with E-state index in [9.17, 15) is 9.59 Å². The van der Waals surface area contributed by atoms with Gasteiger partial charge in [0.25, 0.3) is 5.91 Å². The fraction of sp³-hybridized carbons (Fsp3) is 0.190. The Kier molecular flexibility index (Phi) is 5.25. The zero-order chi connectivity index (χ0) is 21.1. The van der Waals surface area contributed by atoms with Gasteiger partial charge in [0.05, 0.1) is 11.1 Å². The lowest BCUT2D eigenvalue weighted by atomic mass is 10.2. The van der Waals surface area contributed by atoms with Crippen molar-refractivity contribution in [3.8, 4) is 5.82 Å². The SMILES string of the molecule is Cc1cc(C)n(-c2cc(NCCNC(=O)c3cc(=O)c4ccccc4o3)ncn2)n1. The van der Waals surface area contributed by atoms with Gasteiger partial charge in [-0.1, -0.05) is 12.1 Å². The number of carbonyl (C=O) groups is 1. The normalized spacial score (nSPS) is 10.9. The molecule has 0 unspecified atom stereocenters. The Labute approximate surface area is 171 Å². The first-order valence-corrected chi connectivity index (χ1v) is 9.42. The molecule has 0 radical (unpaired) electrons. The van der Waals surface area contributed by atoms with Crippen LogP contribution in [-0.2, 0) is 0 Å². The van der Waals surface area contributed by atoms with E-state index in [-0.39, 0.29) is 11.2 Å². The number of para-hydroxylation sites is 1. The minimum Gasteiger partial charge on any atom is -0.451 e. The van der Waals surface area contributed by atoms with Crippen LogP contribution in [0.15, 0.2) is 58.0 Å². The van der Waals surface area contributed by atoms with E-state index in [2.05, 4.69) is 25.7 Å². The molecule has 152 valence electrons. The quantitative estimate of drug-likeness (QED) is 0.474. The molecule has 0 atom stereocenters. The maximum absolute atomic E-state index is 12.3. The largest absolute Gasteiger partial charge is 0.451 e. The molecular weight excluding hydrogens is 384 g/mol. The highest BCUT2D eigenvalue weighted by atomic mass is 16.3. The summed E-state index contributed by atoms with van der Waals surface area (Å²) in [6.07, 6.45) is 1.45. The second-order valence-electron chi connectivity index (χ2n) is 6.75. The second kappa shape index (κ2) is 8.16. The molecule has 0 aliphatic rings. The van der Waals surface area contributed by atoms with Gasteiger partial charge in [-0.05, 0) is 32.0 Å². The summed E-state index contributed by atoms with van der Waals surface area (Å²) in [6, 6.07) is 11.8. The summed E-state index contributed by atoms with van der Waals surface area (Å²) in [7, 11) is 0. The molecule has 0 bridgehead atoms. The van der Waals surface area contributed by atoms with E-state index in [0.29, 0.717) is 35.7 Å². The zero-order valence-corrected chi connectivity index (χ0v) is 16.5. The van der Waals surface area contributed by atoms with Crippen molar-refractivity contribution in [1.29, 1.82) is 0 Å². The smallest absolute Gasteiger partial charge is 0.287 e. The lowest BCUT2D eigenvalue weighted by Gasteiger charge is -2.09. The van der Waals surface area contributed by atoms with Gasteiger partial charge < -0.3 is 15.1 Å². The number of carbonyl (C=O) groups excluding carboxylic acids is 1. The van der Waals surface area contributed by atoms with E-state index in [1.54, 1.807) is 35.0 Å². The molecule has 3 heterocycles. The van der Waals surface area contributed by atoms with Crippen molar-refractivity contribution in [2.45, 2.75) is 13.8 Å². The molecule has 0 aliphatic carbocycles. The molecule has 4 aromatic rings. The third-order valence-electron chi connectivity index (χ3n) is 4.45. The lowest BCUT2D eigenvalue weighted by molar-refractivity contribution is 0.0928. The molecule has 9 nitrogen and oxygen atoms in total. The van der Waals surface area contributed by atoms with Crippen molar-refractivity contribution in [2.75, 3.05) is 18.4 Å². The molecule has 0 saturated carbocycles. The average molecular weight is 404 g/mol. The molecular formula is C21H20N6O3. The first-order valence-electron chi connectivity index (χ1n) is 9.42. The van der Waals surface area contributed by atoms with Crippen LogP contribution in [0.25, 0.3) is 16.8 Å². The number of fused-ring (bicyclic) bond motifs is 1.